The number of hydrogen-bond acceptors (Lipinski definition) is 2. The zero-order valence-corrected chi connectivity index (χ0v) is 15.3. The van der Waals surface area contributed by atoms with Gasteiger partial charge in [0, 0.05) is 23.3 Å². The minimum atomic E-state index is -0.222. The molecule has 4 rings (SSSR count). The molecular weight excluding hydrogens is 347 g/mol. The van der Waals surface area contributed by atoms with E-state index in [1.807, 2.05) is 42.2 Å². The summed E-state index contributed by atoms with van der Waals surface area (Å²) in [6, 6.07) is 14.8. The normalized spacial score (nSPS) is 19.7. The van der Waals surface area contributed by atoms with Gasteiger partial charge < -0.3 is 15.2 Å². The maximum atomic E-state index is 13.8. The molecule has 2 N–H and O–H groups in total. The van der Waals surface area contributed by atoms with Crippen LogP contribution < -0.4 is 10.2 Å². The quantitative estimate of drug-likeness (QED) is 0.677. The highest BCUT2D eigenvalue weighted by molar-refractivity contribution is 7.80. The average Bonchev–Trinajstić information content (AvgIpc) is 3.21. The van der Waals surface area contributed by atoms with Crippen LogP contribution >= 0.6 is 12.2 Å². The van der Waals surface area contributed by atoms with Crippen molar-refractivity contribution in [3.05, 3.63) is 83.2 Å². The molecule has 1 aliphatic rings. The summed E-state index contributed by atoms with van der Waals surface area (Å²) < 4.78 is 13.8. The predicted octanol–water partition coefficient (Wildman–Crippen LogP) is 4.34. The first-order valence-electron chi connectivity index (χ1n) is 8.47. The molecule has 3 heterocycles. The van der Waals surface area contributed by atoms with Crippen molar-refractivity contribution < 1.29 is 4.39 Å². The number of aromatic nitrogens is 2. The number of pyridine rings is 1. The van der Waals surface area contributed by atoms with Gasteiger partial charge in [-0.05, 0) is 74.1 Å². The molecule has 2 aromatic heterocycles. The lowest BCUT2D eigenvalue weighted by Gasteiger charge is -2.27. The Bertz CT molecular complexity index is 953. The van der Waals surface area contributed by atoms with Crippen LogP contribution in [0.5, 0.6) is 0 Å². The molecule has 0 radical (unpaired) electrons. The maximum absolute atomic E-state index is 13.8. The lowest BCUT2D eigenvalue weighted by atomic mass is 10.0. The Morgan fingerprint density at radius 1 is 1.12 bits per heavy atom. The van der Waals surface area contributed by atoms with Crippen LogP contribution in [0, 0.1) is 19.7 Å². The molecule has 2 atom stereocenters. The van der Waals surface area contributed by atoms with Crippen LogP contribution in [0.1, 0.15) is 34.7 Å². The summed E-state index contributed by atoms with van der Waals surface area (Å²) in [4.78, 5) is 9.97. The van der Waals surface area contributed by atoms with Gasteiger partial charge in [-0.2, -0.15) is 0 Å². The van der Waals surface area contributed by atoms with Gasteiger partial charge in [0.05, 0.1) is 11.7 Å². The van der Waals surface area contributed by atoms with Crippen molar-refractivity contribution in [3.8, 4) is 0 Å². The Morgan fingerprint density at radius 3 is 2.62 bits per heavy atom. The molecule has 132 valence electrons. The lowest BCUT2D eigenvalue weighted by Crippen LogP contribution is -2.29. The molecule has 0 bridgehead atoms. The molecule has 26 heavy (non-hydrogen) atoms. The van der Waals surface area contributed by atoms with Gasteiger partial charge >= 0.3 is 0 Å². The van der Waals surface area contributed by atoms with E-state index in [2.05, 4.69) is 21.4 Å². The first-order chi connectivity index (χ1) is 12.5. The first-order valence-corrected chi connectivity index (χ1v) is 8.88. The highest BCUT2D eigenvalue weighted by atomic mass is 32.1. The van der Waals surface area contributed by atoms with Gasteiger partial charge in [-0.3, -0.25) is 4.98 Å². The SMILES string of the molecule is Cc1ccc([C@H]2[C@@H](c3ccccn3)NC(=S)N2c2ccc(F)c(C)c2)[nH]1. The molecule has 0 spiro atoms. The highest BCUT2D eigenvalue weighted by Crippen LogP contribution is 2.41. The fourth-order valence-electron chi connectivity index (χ4n) is 3.43. The molecule has 4 nitrogen and oxygen atoms in total. The van der Waals surface area contributed by atoms with E-state index in [0.717, 1.165) is 22.8 Å². The third-order valence-electron chi connectivity index (χ3n) is 4.69. The van der Waals surface area contributed by atoms with Gasteiger partial charge in [-0.25, -0.2) is 4.39 Å². The fourth-order valence-corrected chi connectivity index (χ4v) is 3.77. The summed E-state index contributed by atoms with van der Waals surface area (Å²) in [5, 5.41) is 3.99. The highest BCUT2D eigenvalue weighted by Gasteiger charge is 2.41. The number of nitrogens with one attached hydrogen (secondary N) is 2. The standard InChI is InChI=1S/C20H19FN4S/c1-12-11-14(7-8-15(12)21)25-19(17-9-6-13(2)23-17)18(24-20(25)26)16-5-3-4-10-22-16/h3-11,18-19,23H,1-2H3,(H,24,26)/t18-,19+/m1/s1. The molecule has 1 aromatic carbocycles. The molecule has 1 aliphatic heterocycles. The van der Waals surface area contributed by atoms with Gasteiger partial charge in [0.1, 0.15) is 11.9 Å². The van der Waals surface area contributed by atoms with E-state index in [0.29, 0.717) is 10.7 Å². The Kier molecular flexibility index (Phi) is 4.20. The summed E-state index contributed by atoms with van der Waals surface area (Å²) in [7, 11) is 0. The third kappa shape index (κ3) is 2.86. The molecule has 0 saturated carbocycles. The largest absolute Gasteiger partial charge is 0.361 e. The van der Waals surface area contributed by atoms with E-state index >= 15 is 0 Å². The van der Waals surface area contributed by atoms with Gasteiger partial charge in [-0.15, -0.1) is 0 Å². The second kappa shape index (κ2) is 6.53. The minimum Gasteiger partial charge on any atom is -0.361 e. The van der Waals surface area contributed by atoms with Crippen LogP contribution in [-0.2, 0) is 0 Å². The number of halogens is 1. The number of rotatable bonds is 3. The second-order valence-electron chi connectivity index (χ2n) is 6.53. The van der Waals surface area contributed by atoms with Gasteiger partial charge in [0.25, 0.3) is 0 Å². The van der Waals surface area contributed by atoms with Crippen molar-refractivity contribution in [2.24, 2.45) is 0 Å². The van der Waals surface area contributed by atoms with E-state index in [-0.39, 0.29) is 17.9 Å². The van der Waals surface area contributed by atoms with Crippen LogP contribution in [-0.4, -0.2) is 15.1 Å². The number of aromatic amines is 1. The van der Waals surface area contributed by atoms with Crippen molar-refractivity contribution in [2.75, 3.05) is 4.90 Å². The summed E-state index contributed by atoms with van der Waals surface area (Å²) >= 11 is 5.64. The summed E-state index contributed by atoms with van der Waals surface area (Å²) in [5.74, 6) is -0.222. The monoisotopic (exact) mass is 366 g/mol. The lowest BCUT2D eigenvalue weighted by molar-refractivity contribution is 0.557. The van der Waals surface area contributed by atoms with Crippen molar-refractivity contribution >= 4 is 23.0 Å². The van der Waals surface area contributed by atoms with Crippen molar-refractivity contribution in [1.82, 2.24) is 15.3 Å². The van der Waals surface area contributed by atoms with Crippen LogP contribution in [0.25, 0.3) is 0 Å². The van der Waals surface area contributed by atoms with E-state index in [1.54, 1.807) is 19.2 Å². The van der Waals surface area contributed by atoms with Crippen LogP contribution in [0.4, 0.5) is 10.1 Å². The van der Waals surface area contributed by atoms with Gasteiger partial charge in [0.2, 0.25) is 0 Å². The molecule has 0 unspecified atom stereocenters. The number of aryl methyl sites for hydroxylation is 2. The predicted molar refractivity (Wildman–Crippen MR) is 105 cm³/mol. The topological polar surface area (TPSA) is 44.0 Å². The van der Waals surface area contributed by atoms with Crippen molar-refractivity contribution in [1.29, 1.82) is 0 Å². The maximum Gasteiger partial charge on any atom is 0.174 e. The molecule has 0 aliphatic carbocycles. The first kappa shape index (κ1) is 16.7. The molecular formula is C20H19FN4S. The number of hydrogen-bond donors (Lipinski definition) is 2. The minimum absolute atomic E-state index is 0.101. The number of H-pyrrole nitrogens is 1. The van der Waals surface area contributed by atoms with Gasteiger partial charge in [-0.1, -0.05) is 6.07 Å². The van der Waals surface area contributed by atoms with E-state index in [4.69, 9.17) is 12.2 Å². The number of benzene rings is 1. The molecule has 1 fully saturated rings. The second-order valence-corrected chi connectivity index (χ2v) is 6.91. The summed E-state index contributed by atoms with van der Waals surface area (Å²) in [6.07, 6.45) is 1.78. The Labute approximate surface area is 157 Å². The Morgan fingerprint density at radius 2 is 1.96 bits per heavy atom. The smallest absolute Gasteiger partial charge is 0.174 e. The van der Waals surface area contributed by atoms with Crippen LogP contribution in [0.2, 0.25) is 0 Å². The molecule has 1 saturated heterocycles. The summed E-state index contributed by atoms with van der Waals surface area (Å²) in [6.45, 7) is 3.78. The van der Waals surface area contributed by atoms with Crippen molar-refractivity contribution in [3.63, 3.8) is 0 Å². The average molecular weight is 366 g/mol. The van der Waals surface area contributed by atoms with Crippen LogP contribution in [0.3, 0.4) is 0 Å². The Balaban J connectivity index is 1.83. The number of anilines is 1. The van der Waals surface area contributed by atoms with E-state index in [9.17, 15) is 4.39 Å². The van der Waals surface area contributed by atoms with Gasteiger partial charge in [0.15, 0.2) is 5.11 Å². The zero-order valence-electron chi connectivity index (χ0n) is 14.5. The van der Waals surface area contributed by atoms with Crippen LogP contribution in [0.15, 0.2) is 54.7 Å². The number of thiocarbonyl (C=S) groups is 1. The van der Waals surface area contributed by atoms with Crippen molar-refractivity contribution in [2.45, 2.75) is 25.9 Å². The zero-order chi connectivity index (χ0) is 18.3. The number of nitrogens with zero attached hydrogens (tertiary/aromatic N) is 2. The van der Waals surface area contributed by atoms with E-state index < -0.39 is 0 Å². The molecule has 0 amide bonds. The van der Waals surface area contributed by atoms with E-state index in [1.165, 1.54) is 6.07 Å². The molecule has 3 aromatic rings. The molecule has 6 heteroatoms. The summed E-state index contributed by atoms with van der Waals surface area (Å²) in [5.41, 5.74) is 4.47. The fraction of sp³-hybridized carbons (Fsp3) is 0.200. The third-order valence-corrected chi connectivity index (χ3v) is 5.01. The Hall–Kier alpha value is -2.73.